The summed E-state index contributed by atoms with van der Waals surface area (Å²) in [6.07, 6.45) is 3.90. The summed E-state index contributed by atoms with van der Waals surface area (Å²) in [7, 11) is 0. The first-order chi connectivity index (χ1) is 13.2. The minimum atomic E-state index is 0.0388. The summed E-state index contributed by atoms with van der Waals surface area (Å²) in [6.45, 7) is 1.82. The van der Waals surface area contributed by atoms with Crippen molar-refractivity contribution in [2.24, 2.45) is 5.73 Å². The molecule has 5 heteroatoms. The average molecular weight is 356 g/mol. The van der Waals surface area contributed by atoms with Crippen LogP contribution in [0.1, 0.15) is 33.0 Å². The lowest BCUT2D eigenvalue weighted by atomic mass is 9.90. The van der Waals surface area contributed by atoms with Crippen LogP contribution < -0.4 is 5.73 Å². The van der Waals surface area contributed by atoms with E-state index in [1.54, 1.807) is 0 Å². The monoisotopic (exact) mass is 356 g/mol. The molecule has 0 saturated carbocycles. The van der Waals surface area contributed by atoms with E-state index in [1.807, 2.05) is 76.5 Å². The summed E-state index contributed by atoms with van der Waals surface area (Å²) in [5, 5.41) is 8.89. The zero-order chi connectivity index (χ0) is 18.8. The number of carbonyl (C=O) groups is 1. The molecule has 2 aromatic carbocycles. The minimum Gasteiger partial charge on any atom is -0.337 e. The van der Waals surface area contributed by atoms with Crippen LogP contribution in [0.5, 0.6) is 0 Å². The Morgan fingerprint density at radius 2 is 1.81 bits per heavy atom. The number of carbonyl (C=O) groups excluding carboxylic acids is 1. The summed E-state index contributed by atoms with van der Waals surface area (Å²) >= 11 is 0. The highest BCUT2D eigenvalue weighted by molar-refractivity contribution is 5.95. The van der Waals surface area contributed by atoms with E-state index in [-0.39, 0.29) is 5.91 Å². The largest absolute Gasteiger partial charge is 0.337 e. The van der Waals surface area contributed by atoms with Gasteiger partial charge >= 0.3 is 0 Å². The van der Waals surface area contributed by atoms with Crippen molar-refractivity contribution < 1.29 is 4.79 Å². The van der Waals surface area contributed by atoms with Gasteiger partial charge < -0.3 is 15.2 Å². The van der Waals surface area contributed by atoms with E-state index < -0.39 is 0 Å². The van der Waals surface area contributed by atoms with Gasteiger partial charge in [-0.2, -0.15) is 5.26 Å². The predicted molar refractivity (Wildman–Crippen MR) is 103 cm³/mol. The Labute approximate surface area is 158 Å². The molecule has 0 atom stereocenters. The zero-order valence-electron chi connectivity index (χ0n) is 14.9. The summed E-state index contributed by atoms with van der Waals surface area (Å²) in [5.41, 5.74) is 10.3. The van der Waals surface area contributed by atoms with Crippen LogP contribution in [0.15, 0.2) is 67.0 Å². The maximum Gasteiger partial charge on any atom is 0.253 e. The average Bonchev–Trinajstić information content (AvgIpc) is 3.21. The molecule has 1 aliphatic rings. The van der Waals surface area contributed by atoms with Crippen LogP contribution in [-0.2, 0) is 6.54 Å². The second-order valence-electron chi connectivity index (χ2n) is 6.78. The van der Waals surface area contributed by atoms with Crippen molar-refractivity contribution in [1.29, 1.82) is 5.26 Å². The third-order valence-electron chi connectivity index (χ3n) is 5.11. The van der Waals surface area contributed by atoms with Gasteiger partial charge in [0.2, 0.25) is 0 Å². The number of hydrogen-bond donors (Lipinski definition) is 1. The van der Waals surface area contributed by atoms with Gasteiger partial charge in [0, 0.05) is 43.5 Å². The first-order valence-electron chi connectivity index (χ1n) is 8.95. The number of likely N-dealkylation sites (tertiary alicyclic amines) is 1. The SMILES string of the molecule is N#Cc1ccc(C2CN(C(=O)c3ccc(CN)c(-n4cccc4)c3)C2)cc1. The summed E-state index contributed by atoms with van der Waals surface area (Å²) in [5.74, 6) is 0.366. The molecule has 2 heterocycles. The summed E-state index contributed by atoms with van der Waals surface area (Å²) in [4.78, 5) is 14.7. The third kappa shape index (κ3) is 3.23. The van der Waals surface area contributed by atoms with E-state index in [0.29, 0.717) is 36.7 Å². The molecule has 1 fully saturated rings. The van der Waals surface area contributed by atoms with Crippen LogP contribution in [0.2, 0.25) is 0 Å². The number of nitrogens with two attached hydrogens (primary N) is 1. The van der Waals surface area contributed by atoms with E-state index >= 15 is 0 Å². The summed E-state index contributed by atoms with van der Waals surface area (Å²) in [6, 6.07) is 19.3. The van der Waals surface area contributed by atoms with Crippen molar-refractivity contribution in [2.75, 3.05) is 13.1 Å². The molecule has 0 aliphatic carbocycles. The maximum absolute atomic E-state index is 12.9. The molecule has 0 unspecified atom stereocenters. The maximum atomic E-state index is 12.9. The van der Waals surface area contributed by atoms with Crippen molar-refractivity contribution in [3.63, 3.8) is 0 Å². The van der Waals surface area contributed by atoms with Crippen LogP contribution in [-0.4, -0.2) is 28.5 Å². The van der Waals surface area contributed by atoms with Gasteiger partial charge in [-0.3, -0.25) is 4.79 Å². The van der Waals surface area contributed by atoms with E-state index in [9.17, 15) is 4.79 Å². The quantitative estimate of drug-likeness (QED) is 0.781. The fraction of sp³-hybridized carbons (Fsp3) is 0.182. The lowest BCUT2D eigenvalue weighted by Crippen LogP contribution is -2.48. The molecule has 1 aromatic heterocycles. The van der Waals surface area contributed by atoms with Crippen LogP contribution in [0.25, 0.3) is 5.69 Å². The first-order valence-corrected chi connectivity index (χ1v) is 8.95. The van der Waals surface area contributed by atoms with Crippen LogP contribution >= 0.6 is 0 Å². The van der Waals surface area contributed by atoms with Crippen molar-refractivity contribution in [3.05, 3.63) is 89.2 Å². The molecule has 3 aromatic rings. The van der Waals surface area contributed by atoms with E-state index in [2.05, 4.69) is 6.07 Å². The van der Waals surface area contributed by atoms with Gasteiger partial charge in [-0.15, -0.1) is 0 Å². The Morgan fingerprint density at radius 3 is 2.44 bits per heavy atom. The third-order valence-corrected chi connectivity index (χ3v) is 5.11. The number of nitrogens with zero attached hydrogens (tertiary/aromatic N) is 3. The first kappa shape index (κ1) is 17.1. The molecule has 1 saturated heterocycles. The predicted octanol–water partition coefficient (Wildman–Crippen LogP) is 3.05. The number of aromatic nitrogens is 1. The Balaban J connectivity index is 1.49. The van der Waals surface area contributed by atoms with Crippen molar-refractivity contribution in [2.45, 2.75) is 12.5 Å². The van der Waals surface area contributed by atoms with Gasteiger partial charge in [0.05, 0.1) is 17.3 Å². The molecule has 0 bridgehead atoms. The Hall–Kier alpha value is -3.36. The van der Waals surface area contributed by atoms with Crippen LogP contribution in [0.3, 0.4) is 0 Å². The molecule has 0 radical (unpaired) electrons. The van der Waals surface area contributed by atoms with E-state index in [1.165, 1.54) is 5.56 Å². The number of hydrogen-bond acceptors (Lipinski definition) is 3. The topological polar surface area (TPSA) is 75.1 Å². The molecule has 27 heavy (non-hydrogen) atoms. The number of benzene rings is 2. The Bertz CT molecular complexity index is 994. The van der Waals surface area contributed by atoms with Gasteiger partial charge in [-0.05, 0) is 47.5 Å². The highest BCUT2D eigenvalue weighted by Gasteiger charge is 2.32. The van der Waals surface area contributed by atoms with Crippen molar-refractivity contribution >= 4 is 5.91 Å². The Morgan fingerprint density at radius 1 is 1.11 bits per heavy atom. The lowest BCUT2D eigenvalue weighted by molar-refractivity contribution is 0.0602. The second kappa shape index (κ2) is 7.10. The van der Waals surface area contributed by atoms with Crippen molar-refractivity contribution in [3.8, 4) is 11.8 Å². The number of nitriles is 1. The number of amides is 1. The molecular weight excluding hydrogens is 336 g/mol. The molecule has 4 rings (SSSR count). The summed E-state index contributed by atoms with van der Waals surface area (Å²) < 4.78 is 1.98. The Kier molecular flexibility index (Phi) is 4.49. The minimum absolute atomic E-state index is 0.0388. The lowest BCUT2D eigenvalue weighted by Gasteiger charge is -2.39. The van der Waals surface area contributed by atoms with Gasteiger partial charge in [-0.1, -0.05) is 18.2 Å². The van der Waals surface area contributed by atoms with Gasteiger partial charge in [-0.25, -0.2) is 0 Å². The van der Waals surface area contributed by atoms with Gasteiger partial charge in [0.1, 0.15) is 0 Å². The zero-order valence-corrected chi connectivity index (χ0v) is 14.9. The number of rotatable bonds is 4. The smallest absolute Gasteiger partial charge is 0.253 e. The molecule has 0 spiro atoms. The van der Waals surface area contributed by atoms with E-state index in [4.69, 9.17) is 11.0 Å². The van der Waals surface area contributed by atoms with Crippen LogP contribution in [0, 0.1) is 11.3 Å². The standard InChI is InChI=1S/C22H20N4O/c23-12-16-3-5-17(6-4-16)20-14-26(15-20)22(27)18-7-8-19(13-24)21(11-18)25-9-1-2-10-25/h1-11,20H,13-15,24H2. The normalized spacial score (nSPS) is 13.9. The van der Waals surface area contributed by atoms with Gasteiger partial charge in [0.25, 0.3) is 5.91 Å². The highest BCUT2D eigenvalue weighted by atomic mass is 16.2. The highest BCUT2D eigenvalue weighted by Crippen LogP contribution is 2.29. The van der Waals surface area contributed by atoms with Gasteiger partial charge in [0.15, 0.2) is 0 Å². The molecule has 134 valence electrons. The fourth-order valence-electron chi connectivity index (χ4n) is 3.47. The molecule has 2 N–H and O–H groups in total. The molecule has 5 nitrogen and oxygen atoms in total. The molecule has 1 aliphatic heterocycles. The van der Waals surface area contributed by atoms with E-state index in [0.717, 1.165) is 11.3 Å². The molecular formula is C22H20N4O. The second-order valence-corrected chi connectivity index (χ2v) is 6.78. The molecule has 1 amide bonds. The fourth-order valence-corrected chi connectivity index (χ4v) is 3.47. The van der Waals surface area contributed by atoms with Crippen molar-refractivity contribution in [1.82, 2.24) is 9.47 Å². The van der Waals surface area contributed by atoms with Crippen LogP contribution in [0.4, 0.5) is 0 Å².